The molecule has 0 amide bonds. The first-order valence-electron chi connectivity index (χ1n) is 3.09. The van der Waals surface area contributed by atoms with Crippen molar-refractivity contribution in [2.45, 2.75) is 10.9 Å². The lowest BCUT2D eigenvalue weighted by Gasteiger charge is -2.26. The van der Waals surface area contributed by atoms with Crippen LogP contribution in [0.15, 0.2) is 0 Å². The lowest BCUT2D eigenvalue weighted by molar-refractivity contribution is -0.873. The quantitative estimate of drug-likeness (QED) is 0.513. The Bertz CT molecular complexity index is 100. The van der Waals surface area contributed by atoms with Crippen LogP contribution < -0.4 is 0 Å². The SMILES string of the molecule is C[N+](C)(C)CC(O)C(Cl)Cl. The van der Waals surface area contributed by atoms with Crippen LogP contribution in [0.5, 0.6) is 0 Å². The predicted octanol–water partition coefficient (Wildman–Crippen LogP) is 0.857. The summed E-state index contributed by atoms with van der Waals surface area (Å²) in [6.45, 7) is 0.567. The van der Waals surface area contributed by atoms with Crippen LogP contribution in [0.25, 0.3) is 0 Å². The zero-order chi connectivity index (χ0) is 8.36. The lowest BCUT2D eigenvalue weighted by atomic mass is 10.3. The second kappa shape index (κ2) is 3.77. The summed E-state index contributed by atoms with van der Waals surface area (Å²) < 4.78 is 0.664. The maximum atomic E-state index is 9.18. The average molecular weight is 187 g/mol. The highest BCUT2D eigenvalue weighted by Gasteiger charge is 2.20. The first kappa shape index (κ1) is 10.5. The van der Waals surface area contributed by atoms with Crippen LogP contribution in [0.1, 0.15) is 0 Å². The monoisotopic (exact) mass is 186 g/mol. The molecule has 0 aliphatic heterocycles. The summed E-state index contributed by atoms with van der Waals surface area (Å²) in [6.07, 6.45) is -0.636. The third kappa shape index (κ3) is 5.30. The summed E-state index contributed by atoms with van der Waals surface area (Å²) in [4.78, 5) is -0.683. The molecule has 0 aliphatic rings. The Morgan fingerprint density at radius 2 is 1.70 bits per heavy atom. The van der Waals surface area contributed by atoms with Gasteiger partial charge in [0.1, 0.15) is 17.5 Å². The van der Waals surface area contributed by atoms with Gasteiger partial charge in [-0.3, -0.25) is 0 Å². The summed E-state index contributed by atoms with van der Waals surface area (Å²) in [6, 6.07) is 0. The molecule has 0 spiro atoms. The van der Waals surface area contributed by atoms with Gasteiger partial charge in [0.2, 0.25) is 0 Å². The van der Waals surface area contributed by atoms with Crippen molar-refractivity contribution in [3.05, 3.63) is 0 Å². The van der Waals surface area contributed by atoms with Crippen LogP contribution in [0.2, 0.25) is 0 Å². The molecule has 0 bridgehead atoms. The summed E-state index contributed by atoms with van der Waals surface area (Å²) in [5, 5.41) is 9.18. The van der Waals surface area contributed by atoms with E-state index in [1.54, 1.807) is 0 Å². The topological polar surface area (TPSA) is 20.2 Å². The van der Waals surface area contributed by atoms with Crippen LogP contribution in [-0.2, 0) is 0 Å². The molecule has 10 heavy (non-hydrogen) atoms. The van der Waals surface area contributed by atoms with E-state index >= 15 is 0 Å². The van der Waals surface area contributed by atoms with Crippen molar-refractivity contribution in [1.82, 2.24) is 0 Å². The second-order valence-electron chi connectivity index (χ2n) is 3.37. The molecule has 1 atom stereocenters. The van der Waals surface area contributed by atoms with E-state index in [0.717, 1.165) is 0 Å². The van der Waals surface area contributed by atoms with Crippen molar-refractivity contribution >= 4 is 23.2 Å². The maximum absolute atomic E-state index is 9.18. The lowest BCUT2D eigenvalue weighted by Crippen LogP contribution is -2.43. The van der Waals surface area contributed by atoms with Crippen molar-refractivity contribution in [3.63, 3.8) is 0 Å². The van der Waals surface area contributed by atoms with Gasteiger partial charge in [-0.15, -0.1) is 23.2 Å². The first-order chi connectivity index (χ1) is 4.33. The van der Waals surface area contributed by atoms with Gasteiger partial charge in [-0.2, -0.15) is 0 Å². The van der Waals surface area contributed by atoms with E-state index in [1.807, 2.05) is 21.1 Å². The fraction of sp³-hybridized carbons (Fsp3) is 1.00. The molecule has 1 N–H and O–H groups in total. The maximum Gasteiger partial charge on any atom is 0.139 e. The van der Waals surface area contributed by atoms with E-state index in [9.17, 15) is 5.11 Å². The molecule has 0 fully saturated rings. The van der Waals surface area contributed by atoms with Gasteiger partial charge in [-0.05, 0) is 0 Å². The normalized spacial score (nSPS) is 15.9. The Morgan fingerprint density at radius 3 is 1.80 bits per heavy atom. The van der Waals surface area contributed by atoms with Gasteiger partial charge in [-0.1, -0.05) is 0 Å². The minimum absolute atomic E-state index is 0.567. The van der Waals surface area contributed by atoms with E-state index < -0.39 is 10.9 Å². The van der Waals surface area contributed by atoms with Crippen LogP contribution >= 0.6 is 23.2 Å². The largest absolute Gasteiger partial charge is 0.384 e. The molecule has 62 valence electrons. The molecule has 0 heterocycles. The summed E-state index contributed by atoms with van der Waals surface area (Å²) >= 11 is 10.9. The number of hydrogen-bond acceptors (Lipinski definition) is 1. The molecule has 0 saturated carbocycles. The highest BCUT2D eigenvalue weighted by atomic mass is 35.5. The molecule has 4 heteroatoms. The van der Waals surface area contributed by atoms with E-state index in [0.29, 0.717) is 11.0 Å². The smallest absolute Gasteiger partial charge is 0.139 e. The number of aliphatic hydroxyl groups excluding tert-OH is 1. The molecule has 0 rings (SSSR count). The van der Waals surface area contributed by atoms with Gasteiger partial charge in [0.15, 0.2) is 0 Å². The molecular weight excluding hydrogens is 173 g/mol. The van der Waals surface area contributed by atoms with Gasteiger partial charge in [0, 0.05) is 0 Å². The zero-order valence-corrected chi connectivity index (χ0v) is 8.02. The van der Waals surface area contributed by atoms with E-state index in [1.165, 1.54) is 0 Å². The van der Waals surface area contributed by atoms with Gasteiger partial charge in [-0.25, -0.2) is 0 Å². The number of quaternary nitrogens is 1. The van der Waals surface area contributed by atoms with Gasteiger partial charge < -0.3 is 9.59 Å². The van der Waals surface area contributed by atoms with Crippen LogP contribution in [0.3, 0.4) is 0 Å². The highest BCUT2D eigenvalue weighted by molar-refractivity contribution is 6.44. The Balaban J connectivity index is 3.68. The summed E-state index contributed by atoms with van der Waals surface area (Å²) in [7, 11) is 5.91. The number of likely N-dealkylation sites (N-methyl/N-ethyl adjacent to an activating group) is 1. The average Bonchev–Trinajstić information content (AvgIpc) is 1.60. The predicted molar refractivity (Wildman–Crippen MR) is 44.4 cm³/mol. The summed E-state index contributed by atoms with van der Waals surface area (Å²) in [5.41, 5.74) is 0. The first-order valence-corrected chi connectivity index (χ1v) is 3.97. The van der Waals surface area contributed by atoms with Gasteiger partial charge in [0.05, 0.1) is 21.1 Å². The third-order valence-corrected chi connectivity index (χ3v) is 1.61. The van der Waals surface area contributed by atoms with Crippen molar-refractivity contribution in [2.24, 2.45) is 0 Å². The zero-order valence-electron chi connectivity index (χ0n) is 6.51. The molecule has 0 aromatic rings. The van der Waals surface area contributed by atoms with E-state index in [-0.39, 0.29) is 0 Å². The van der Waals surface area contributed by atoms with Crippen LogP contribution in [0, 0.1) is 0 Å². The van der Waals surface area contributed by atoms with Crippen molar-refractivity contribution < 1.29 is 9.59 Å². The number of aliphatic hydroxyl groups is 1. The van der Waals surface area contributed by atoms with Gasteiger partial charge >= 0.3 is 0 Å². The number of rotatable bonds is 3. The summed E-state index contributed by atoms with van der Waals surface area (Å²) in [5.74, 6) is 0. The molecule has 2 nitrogen and oxygen atoms in total. The second-order valence-corrected chi connectivity index (χ2v) is 4.54. The number of alkyl halides is 2. The van der Waals surface area contributed by atoms with Crippen molar-refractivity contribution in [2.75, 3.05) is 27.7 Å². The molecule has 0 saturated heterocycles. The molecular formula is C6H14Cl2NO+. The molecule has 0 aromatic carbocycles. The standard InChI is InChI=1S/C6H14Cl2NO/c1-9(2,3)4-5(10)6(7)8/h5-6,10H,4H2,1-3H3/q+1. The fourth-order valence-corrected chi connectivity index (χ4v) is 0.800. The Labute approximate surface area is 71.9 Å². The molecule has 0 radical (unpaired) electrons. The number of nitrogens with zero attached hydrogens (tertiary/aromatic N) is 1. The van der Waals surface area contributed by atoms with Crippen molar-refractivity contribution in [1.29, 1.82) is 0 Å². The molecule has 0 aromatic heterocycles. The van der Waals surface area contributed by atoms with Crippen LogP contribution in [0.4, 0.5) is 0 Å². The van der Waals surface area contributed by atoms with Crippen molar-refractivity contribution in [3.8, 4) is 0 Å². The highest BCUT2D eigenvalue weighted by Crippen LogP contribution is 2.09. The van der Waals surface area contributed by atoms with Crippen LogP contribution in [-0.4, -0.2) is 48.2 Å². The Morgan fingerprint density at radius 1 is 1.30 bits per heavy atom. The van der Waals surface area contributed by atoms with E-state index in [4.69, 9.17) is 23.2 Å². The minimum Gasteiger partial charge on any atom is -0.384 e. The molecule has 0 aliphatic carbocycles. The van der Waals surface area contributed by atoms with Gasteiger partial charge in [0.25, 0.3) is 0 Å². The third-order valence-electron chi connectivity index (χ3n) is 1.03. The number of hydrogen-bond donors (Lipinski definition) is 1. The fourth-order valence-electron chi connectivity index (χ4n) is 0.641. The number of halogens is 2. The molecule has 1 unspecified atom stereocenters. The minimum atomic E-state index is -0.683. The van der Waals surface area contributed by atoms with E-state index in [2.05, 4.69) is 0 Å². The Hall–Kier alpha value is 0.500. The Kier molecular flexibility index (Phi) is 3.95.